The minimum absolute atomic E-state index is 0.0528. The molecule has 2 aromatic carbocycles. The summed E-state index contributed by atoms with van der Waals surface area (Å²) in [5.41, 5.74) is 0.261. The standard InChI is InChI=1S/C17H19FN2O4S/c1-3-24-15-7-9-16(10-8-15)25(22,23)20(2)12-17(21)19-14-6-4-5-13(18)11-14/h4-11H,3,12H2,1-2H3,(H,19,21). The van der Waals surface area contributed by atoms with Gasteiger partial charge in [-0.2, -0.15) is 4.31 Å². The maximum Gasteiger partial charge on any atom is 0.243 e. The van der Waals surface area contributed by atoms with Gasteiger partial charge in [0.05, 0.1) is 18.0 Å². The fourth-order valence-electron chi connectivity index (χ4n) is 2.11. The predicted octanol–water partition coefficient (Wildman–Crippen LogP) is 2.48. The van der Waals surface area contributed by atoms with E-state index in [-0.39, 0.29) is 10.6 Å². The number of amides is 1. The lowest BCUT2D eigenvalue weighted by Crippen LogP contribution is -2.34. The van der Waals surface area contributed by atoms with Crippen LogP contribution in [0.15, 0.2) is 53.4 Å². The average Bonchev–Trinajstić information content (AvgIpc) is 2.55. The fraction of sp³-hybridized carbons (Fsp3) is 0.235. The lowest BCUT2D eigenvalue weighted by Gasteiger charge is -2.17. The average molecular weight is 366 g/mol. The van der Waals surface area contributed by atoms with E-state index in [1.165, 1.54) is 37.4 Å². The molecule has 0 fully saturated rings. The molecule has 8 heteroatoms. The molecular formula is C17H19FN2O4S. The molecule has 2 aromatic rings. The van der Waals surface area contributed by atoms with E-state index in [0.717, 1.165) is 10.4 Å². The van der Waals surface area contributed by atoms with Gasteiger partial charge in [-0.3, -0.25) is 4.79 Å². The highest BCUT2D eigenvalue weighted by Crippen LogP contribution is 2.19. The summed E-state index contributed by atoms with van der Waals surface area (Å²) in [4.78, 5) is 12.0. The van der Waals surface area contributed by atoms with Crippen LogP contribution in [-0.4, -0.2) is 38.8 Å². The van der Waals surface area contributed by atoms with E-state index in [1.807, 2.05) is 6.92 Å². The van der Waals surface area contributed by atoms with E-state index in [4.69, 9.17) is 4.74 Å². The lowest BCUT2D eigenvalue weighted by molar-refractivity contribution is -0.116. The molecule has 6 nitrogen and oxygen atoms in total. The minimum Gasteiger partial charge on any atom is -0.494 e. The Kier molecular flexibility index (Phi) is 6.11. The van der Waals surface area contributed by atoms with Crippen molar-refractivity contribution in [2.24, 2.45) is 0 Å². The van der Waals surface area contributed by atoms with Gasteiger partial charge in [0.2, 0.25) is 15.9 Å². The van der Waals surface area contributed by atoms with Crippen molar-refractivity contribution in [1.82, 2.24) is 4.31 Å². The summed E-state index contributed by atoms with van der Waals surface area (Å²) in [6.45, 7) is 1.91. The number of carbonyl (C=O) groups excluding carboxylic acids is 1. The first kappa shape index (κ1) is 18.9. The zero-order valence-corrected chi connectivity index (χ0v) is 14.7. The van der Waals surface area contributed by atoms with E-state index in [1.54, 1.807) is 12.1 Å². The zero-order chi connectivity index (χ0) is 18.4. The molecule has 0 aliphatic rings. The monoisotopic (exact) mass is 366 g/mol. The Labute approximate surface area is 146 Å². The van der Waals surface area contributed by atoms with Gasteiger partial charge >= 0.3 is 0 Å². The van der Waals surface area contributed by atoms with Crippen LogP contribution in [0.4, 0.5) is 10.1 Å². The summed E-state index contributed by atoms with van der Waals surface area (Å²) in [6, 6.07) is 11.3. The fourth-order valence-corrected chi connectivity index (χ4v) is 3.24. The molecule has 134 valence electrons. The highest BCUT2D eigenvalue weighted by molar-refractivity contribution is 7.89. The molecule has 1 amide bonds. The Morgan fingerprint density at radius 2 is 1.88 bits per heavy atom. The van der Waals surface area contributed by atoms with Gasteiger partial charge in [-0.05, 0) is 49.4 Å². The number of carbonyl (C=O) groups is 1. The number of hydrogen-bond acceptors (Lipinski definition) is 4. The maximum absolute atomic E-state index is 13.1. The van der Waals surface area contributed by atoms with Crippen LogP contribution in [0.5, 0.6) is 5.75 Å². The number of anilines is 1. The van der Waals surface area contributed by atoms with Crippen LogP contribution in [0.25, 0.3) is 0 Å². The third-order valence-electron chi connectivity index (χ3n) is 3.32. The minimum atomic E-state index is -3.82. The van der Waals surface area contributed by atoms with E-state index < -0.39 is 28.3 Å². The molecule has 25 heavy (non-hydrogen) atoms. The van der Waals surface area contributed by atoms with Crippen molar-refractivity contribution >= 4 is 21.6 Å². The number of nitrogens with zero attached hydrogens (tertiary/aromatic N) is 1. The van der Waals surface area contributed by atoms with Crippen molar-refractivity contribution in [3.05, 3.63) is 54.3 Å². The number of likely N-dealkylation sites (N-methyl/N-ethyl adjacent to an activating group) is 1. The summed E-state index contributed by atoms with van der Waals surface area (Å²) in [7, 11) is -2.52. The molecule has 0 spiro atoms. The molecule has 0 atom stereocenters. The maximum atomic E-state index is 13.1. The van der Waals surface area contributed by atoms with Crippen LogP contribution in [0.3, 0.4) is 0 Å². The van der Waals surface area contributed by atoms with Gasteiger partial charge in [-0.25, -0.2) is 12.8 Å². The number of hydrogen-bond donors (Lipinski definition) is 1. The molecule has 0 unspecified atom stereocenters. The number of nitrogens with one attached hydrogen (secondary N) is 1. The molecule has 0 aliphatic heterocycles. The van der Waals surface area contributed by atoms with Gasteiger partial charge < -0.3 is 10.1 Å². The smallest absolute Gasteiger partial charge is 0.243 e. The summed E-state index contributed by atoms with van der Waals surface area (Å²) in [5, 5.41) is 2.46. The van der Waals surface area contributed by atoms with Gasteiger partial charge in [-0.1, -0.05) is 6.07 Å². The van der Waals surface area contributed by atoms with Crippen LogP contribution < -0.4 is 10.1 Å². The van der Waals surface area contributed by atoms with Gasteiger partial charge in [0.25, 0.3) is 0 Å². The number of benzene rings is 2. The van der Waals surface area contributed by atoms with E-state index in [2.05, 4.69) is 5.32 Å². The normalized spacial score (nSPS) is 11.4. The molecule has 0 heterocycles. The highest BCUT2D eigenvalue weighted by atomic mass is 32.2. The molecule has 0 aromatic heterocycles. The van der Waals surface area contributed by atoms with E-state index >= 15 is 0 Å². The molecular weight excluding hydrogens is 347 g/mol. The Balaban J connectivity index is 2.05. The summed E-state index contributed by atoms with van der Waals surface area (Å²) >= 11 is 0. The molecule has 0 bridgehead atoms. The van der Waals surface area contributed by atoms with Crippen molar-refractivity contribution in [3.8, 4) is 5.75 Å². The number of halogens is 1. The predicted molar refractivity (Wildman–Crippen MR) is 92.5 cm³/mol. The van der Waals surface area contributed by atoms with Crippen molar-refractivity contribution < 1.29 is 22.3 Å². The number of rotatable bonds is 7. The highest BCUT2D eigenvalue weighted by Gasteiger charge is 2.23. The third-order valence-corrected chi connectivity index (χ3v) is 5.14. The molecule has 0 aliphatic carbocycles. The molecule has 2 rings (SSSR count). The van der Waals surface area contributed by atoms with Crippen molar-refractivity contribution in [2.75, 3.05) is 25.5 Å². The second kappa shape index (κ2) is 8.09. The second-order valence-electron chi connectivity index (χ2n) is 5.22. The van der Waals surface area contributed by atoms with Crippen molar-refractivity contribution in [1.29, 1.82) is 0 Å². The Morgan fingerprint density at radius 3 is 2.48 bits per heavy atom. The van der Waals surface area contributed by atoms with Crippen LogP contribution in [0.2, 0.25) is 0 Å². The lowest BCUT2D eigenvalue weighted by atomic mass is 10.3. The molecule has 0 saturated heterocycles. The van der Waals surface area contributed by atoms with E-state index in [0.29, 0.717) is 12.4 Å². The topological polar surface area (TPSA) is 75.7 Å². The first-order chi connectivity index (χ1) is 11.8. The summed E-state index contributed by atoms with van der Waals surface area (Å²) in [5.74, 6) is -0.497. The van der Waals surface area contributed by atoms with Gasteiger partial charge in [-0.15, -0.1) is 0 Å². The molecule has 0 saturated carbocycles. The summed E-state index contributed by atoms with van der Waals surface area (Å²) < 4.78 is 44.3. The Morgan fingerprint density at radius 1 is 1.20 bits per heavy atom. The zero-order valence-electron chi connectivity index (χ0n) is 13.9. The van der Waals surface area contributed by atoms with Crippen LogP contribution in [0.1, 0.15) is 6.92 Å². The Hall–Kier alpha value is -2.45. The third kappa shape index (κ3) is 5.01. The largest absolute Gasteiger partial charge is 0.494 e. The van der Waals surface area contributed by atoms with Crippen molar-refractivity contribution in [3.63, 3.8) is 0 Å². The quantitative estimate of drug-likeness (QED) is 0.817. The van der Waals surface area contributed by atoms with Crippen LogP contribution >= 0.6 is 0 Å². The Bertz CT molecular complexity index is 838. The molecule has 0 radical (unpaired) electrons. The van der Waals surface area contributed by atoms with Crippen molar-refractivity contribution in [2.45, 2.75) is 11.8 Å². The second-order valence-corrected chi connectivity index (χ2v) is 7.27. The first-order valence-electron chi connectivity index (χ1n) is 7.57. The SMILES string of the molecule is CCOc1ccc(S(=O)(=O)N(C)CC(=O)Nc2cccc(F)c2)cc1. The number of ether oxygens (including phenoxy) is 1. The van der Waals surface area contributed by atoms with Gasteiger partial charge in [0.1, 0.15) is 11.6 Å². The van der Waals surface area contributed by atoms with Gasteiger partial charge in [0.15, 0.2) is 0 Å². The van der Waals surface area contributed by atoms with Crippen LogP contribution in [0, 0.1) is 5.82 Å². The summed E-state index contributed by atoms with van der Waals surface area (Å²) in [6.07, 6.45) is 0. The van der Waals surface area contributed by atoms with E-state index in [9.17, 15) is 17.6 Å². The number of sulfonamides is 1. The van der Waals surface area contributed by atoms with Gasteiger partial charge in [0, 0.05) is 12.7 Å². The molecule has 1 N–H and O–H groups in total. The van der Waals surface area contributed by atoms with Crippen LogP contribution in [-0.2, 0) is 14.8 Å². The first-order valence-corrected chi connectivity index (χ1v) is 9.01.